The summed E-state index contributed by atoms with van der Waals surface area (Å²) < 4.78 is 47.9. The van der Waals surface area contributed by atoms with Gasteiger partial charge in [-0.05, 0) is 12.1 Å². The SMILES string of the molecule is O=S(=O)(NCC(F)F)c1ccccc1. The van der Waals surface area contributed by atoms with Crippen molar-refractivity contribution in [2.45, 2.75) is 11.3 Å². The van der Waals surface area contributed by atoms with Gasteiger partial charge in [0, 0.05) is 0 Å². The largest absolute Gasteiger partial charge is 0.251 e. The highest BCUT2D eigenvalue weighted by Gasteiger charge is 2.14. The smallest absolute Gasteiger partial charge is 0.209 e. The minimum atomic E-state index is -3.79. The summed E-state index contributed by atoms with van der Waals surface area (Å²) in [6, 6.07) is 7.38. The average molecular weight is 221 g/mol. The summed E-state index contributed by atoms with van der Waals surface area (Å²) in [7, 11) is -3.79. The third-order valence-corrected chi connectivity index (χ3v) is 2.92. The highest BCUT2D eigenvalue weighted by atomic mass is 32.2. The van der Waals surface area contributed by atoms with Crippen LogP contribution in [-0.2, 0) is 10.0 Å². The van der Waals surface area contributed by atoms with Crippen LogP contribution in [0.1, 0.15) is 0 Å². The highest BCUT2D eigenvalue weighted by Crippen LogP contribution is 2.07. The van der Waals surface area contributed by atoms with Crippen LogP contribution in [0.15, 0.2) is 35.2 Å². The lowest BCUT2D eigenvalue weighted by Crippen LogP contribution is -2.28. The molecule has 0 aliphatic carbocycles. The lowest BCUT2D eigenvalue weighted by atomic mass is 10.4. The van der Waals surface area contributed by atoms with Crippen molar-refractivity contribution in [1.82, 2.24) is 4.72 Å². The van der Waals surface area contributed by atoms with Crippen molar-refractivity contribution in [3.05, 3.63) is 30.3 Å². The summed E-state index contributed by atoms with van der Waals surface area (Å²) in [6.45, 7) is -0.864. The number of benzene rings is 1. The minimum Gasteiger partial charge on any atom is -0.209 e. The summed E-state index contributed by atoms with van der Waals surface area (Å²) in [4.78, 5) is -0.0133. The Morgan fingerprint density at radius 2 is 1.79 bits per heavy atom. The van der Waals surface area contributed by atoms with Crippen LogP contribution < -0.4 is 4.72 Å². The molecule has 0 saturated heterocycles. The second-order valence-corrected chi connectivity index (χ2v) is 4.32. The van der Waals surface area contributed by atoms with E-state index < -0.39 is 23.0 Å². The molecule has 0 aromatic heterocycles. The van der Waals surface area contributed by atoms with Crippen molar-refractivity contribution >= 4 is 10.0 Å². The molecule has 78 valence electrons. The Kier molecular flexibility index (Phi) is 3.54. The van der Waals surface area contributed by atoms with Gasteiger partial charge in [0.15, 0.2) is 0 Å². The summed E-state index contributed by atoms with van der Waals surface area (Å²) in [5.41, 5.74) is 0. The van der Waals surface area contributed by atoms with E-state index in [9.17, 15) is 17.2 Å². The van der Waals surface area contributed by atoms with Gasteiger partial charge < -0.3 is 0 Å². The summed E-state index contributed by atoms with van der Waals surface area (Å²) in [5, 5.41) is 0. The fourth-order valence-corrected chi connectivity index (χ4v) is 1.88. The zero-order chi connectivity index (χ0) is 10.6. The average Bonchev–Trinajstić information content (AvgIpc) is 2.16. The van der Waals surface area contributed by atoms with E-state index >= 15 is 0 Å². The topological polar surface area (TPSA) is 46.2 Å². The van der Waals surface area contributed by atoms with Crippen LogP contribution in [0.3, 0.4) is 0 Å². The van der Waals surface area contributed by atoms with Crippen molar-refractivity contribution in [3.8, 4) is 0 Å². The molecule has 14 heavy (non-hydrogen) atoms. The molecule has 0 aliphatic heterocycles. The van der Waals surface area contributed by atoms with E-state index in [1.807, 2.05) is 0 Å². The first-order valence-electron chi connectivity index (χ1n) is 3.85. The quantitative estimate of drug-likeness (QED) is 0.831. The highest BCUT2D eigenvalue weighted by molar-refractivity contribution is 7.89. The van der Waals surface area contributed by atoms with Gasteiger partial charge >= 0.3 is 0 Å². The number of rotatable bonds is 4. The van der Waals surface area contributed by atoms with Gasteiger partial charge in [0.25, 0.3) is 6.43 Å². The molecule has 1 N–H and O–H groups in total. The van der Waals surface area contributed by atoms with Crippen LogP contribution in [0.5, 0.6) is 0 Å². The molecular weight excluding hydrogens is 212 g/mol. The molecule has 0 aliphatic rings. The van der Waals surface area contributed by atoms with E-state index in [-0.39, 0.29) is 4.90 Å². The molecule has 0 radical (unpaired) electrons. The van der Waals surface area contributed by atoms with Crippen molar-refractivity contribution in [1.29, 1.82) is 0 Å². The molecule has 0 atom stereocenters. The number of hydrogen-bond donors (Lipinski definition) is 1. The first-order chi connectivity index (χ1) is 6.52. The lowest BCUT2D eigenvalue weighted by Gasteiger charge is -2.05. The van der Waals surface area contributed by atoms with Gasteiger partial charge in [-0.3, -0.25) is 0 Å². The number of alkyl halides is 2. The molecule has 0 fully saturated rings. The molecule has 0 amide bonds. The van der Waals surface area contributed by atoms with Crippen LogP contribution in [0.4, 0.5) is 8.78 Å². The van der Waals surface area contributed by atoms with E-state index in [0.29, 0.717) is 0 Å². The van der Waals surface area contributed by atoms with Crippen molar-refractivity contribution in [2.24, 2.45) is 0 Å². The molecule has 0 spiro atoms. The first-order valence-corrected chi connectivity index (χ1v) is 5.33. The molecule has 6 heteroatoms. The van der Waals surface area contributed by atoms with Crippen LogP contribution >= 0.6 is 0 Å². The Labute approximate surface area is 80.8 Å². The van der Waals surface area contributed by atoms with Gasteiger partial charge in [-0.25, -0.2) is 21.9 Å². The van der Waals surface area contributed by atoms with E-state index in [0.717, 1.165) is 0 Å². The van der Waals surface area contributed by atoms with Crippen molar-refractivity contribution in [2.75, 3.05) is 6.54 Å². The molecule has 1 rings (SSSR count). The van der Waals surface area contributed by atoms with E-state index in [1.165, 1.54) is 24.3 Å². The number of hydrogen-bond acceptors (Lipinski definition) is 2. The van der Waals surface area contributed by atoms with Crippen LogP contribution in [0.25, 0.3) is 0 Å². The van der Waals surface area contributed by atoms with Crippen molar-refractivity contribution < 1.29 is 17.2 Å². The number of sulfonamides is 1. The maximum absolute atomic E-state index is 11.8. The van der Waals surface area contributed by atoms with Crippen molar-refractivity contribution in [3.63, 3.8) is 0 Å². The van der Waals surface area contributed by atoms with Crippen LogP contribution in [0.2, 0.25) is 0 Å². The molecule has 0 heterocycles. The molecule has 0 unspecified atom stereocenters. The predicted molar refractivity (Wildman–Crippen MR) is 47.6 cm³/mol. The van der Waals surface area contributed by atoms with Gasteiger partial charge in [-0.2, -0.15) is 0 Å². The second kappa shape index (κ2) is 4.47. The Morgan fingerprint density at radius 3 is 2.29 bits per heavy atom. The van der Waals surface area contributed by atoms with E-state index in [4.69, 9.17) is 0 Å². The summed E-state index contributed by atoms with van der Waals surface area (Å²) >= 11 is 0. The van der Waals surface area contributed by atoms with E-state index in [1.54, 1.807) is 10.8 Å². The third-order valence-electron chi connectivity index (χ3n) is 1.48. The molecule has 1 aromatic carbocycles. The van der Waals surface area contributed by atoms with Gasteiger partial charge in [0.2, 0.25) is 10.0 Å². The number of nitrogens with one attached hydrogen (secondary N) is 1. The molecule has 0 saturated carbocycles. The molecule has 1 aromatic rings. The normalized spacial score (nSPS) is 11.9. The van der Waals surface area contributed by atoms with Gasteiger partial charge in [-0.15, -0.1) is 0 Å². The monoisotopic (exact) mass is 221 g/mol. The Bertz CT molecular complexity index is 378. The predicted octanol–water partition coefficient (Wildman–Crippen LogP) is 1.23. The maximum atomic E-state index is 11.8. The first kappa shape index (κ1) is 11.1. The third kappa shape index (κ3) is 3.04. The van der Waals surface area contributed by atoms with Gasteiger partial charge in [0.05, 0.1) is 11.4 Å². The zero-order valence-electron chi connectivity index (χ0n) is 7.15. The standard InChI is InChI=1S/C8H9F2NO2S/c9-8(10)6-11-14(12,13)7-4-2-1-3-5-7/h1-5,8,11H,6H2. The van der Waals surface area contributed by atoms with E-state index in [2.05, 4.69) is 0 Å². The zero-order valence-corrected chi connectivity index (χ0v) is 7.97. The van der Waals surface area contributed by atoms with Gasteiger partial charge in [-0.1, -0.05) is 18.2 Å². The molecular formula is C8H9F2NO2S. The minimum absolute atomic E-state index is 0.0133. The molecule has 0 bridgehead atoms. The van der Waals surface area contributed by atoms with Gasteiger partial charge in [0.1, 0.15) is 0 Å². The second-order valence-electron chi connectivity index (χ2n) is 2.56. The fraction of sp³-hybridized carbons (Fsp3) is 0.250. The van der Waals surface area contributed by atoms with Crippen LogP contribution in [-0.4, -0.2) is 21.4 Å². The molecule has 3 nitrogen and oxygen atoms in total. The fourth-order valence-electron chi connectivity index (χ4n) is 0.856. The lowest BCUT2D eigenvalue weighted by molar-refractivity contribution is 0.153. The summed E-state index contributed by atoms with van der Waals surface area (Å²) in [5.74, 6) is 0. The Morgan fingerprint density at radius 1 is 1.21 bits per heavy atom. The maximum Gasteiger partial charge on any atom is 0.251 e. The number of halogens is 2. The summed E-state index contributed by atoms with van der Waals surface area (Å²) in [6.07, 6.45) is -2.69. The Balaban J connectivity index is 2.77. The van der Waals surface area contributed by atoms with Crippen LogP contribution in [0, 0.1) is 0 Å². The Hall–Kier alpha value is -1.01.